The van der Waals surface area contributed by atoms with E-state index in [9.17, 15) is 14.4 Å². The number of ether oxygens (including phenoxy) is 3. The second-order valence-corrected chi connectivity index (χ2v) is 8.00. The van der Waals surface area contributed by atoms with Crippen LogP contribution in [-0.4, -0.2) is 37.0 Å². The number of hydrogen-bond acceptors (Lipinski definition) is 6. The SMILES string of the molecule is CC(C)Oc1ccc(C(=O)NCC(=O)NNC(=O)COc2ccc(OCc3ccccc3)cc2)cc1. The molecule has 0 bridgehead atoms. The molecule has 0 saturated heterocycles. The average Bonchev–Trinajstić information content (AvgIpc) is 2.89. The van der Waals surface area contributed by atoms with Crippen LogP contribution in [0.2, 0.25) is 0 Å². The fraction of sp³-hybridized carbons (Fsp3) is 0.222. The molecular formula is C27H29N3O6. The van der Waals surface area contributed by atoms with Crippen LogP contribution in [0.5, 0.6) is 17.2 Å². The van der Waals surface area contributed by atoms with Gasteiger partial charge in [-0.2, -0.15) is 0 Å². The van der Waals surface area contributed by atoms with Gasteiger partial charge in [0, 0.05) is 5.56 Å². The Hall–Kier alpha value is -4.53. The van der Waals surface area contributed by atoms with Crippen LogP contribution in [0.4, 0.5) is 0 Å². The number of nitrogens with one attached hydrogen (secondary N) is 3. The molecule has 9 heteroatoms. The Morgan fingerprint density at radius 2 is 1.31 bits per heavy atom. The lowest BCUT2D eigenvalue weighted by Gasteiger charge is -2.11. The first-order valence-corrected chi connectivity index (χ1v) is 11.4. The first kappa shape index (κ1) is 26.1. The fourth-order valence-corrected chi connectivity index (χ4v) is 2.96. The molecule has 0 aliphatic carbocycles. The highest BCUT2D eigenvalue weighted by Crippen LogP contribution is 2.18. The van der Waals surface area contributed by atoms with Crippen LogP contribution in [0.15, 0.2) is 78.9 Å². The van der Waals surface area contributed by atoms with Crippen molar-refractivity contribution in [2.45, 2.75) is 26.6 Å². The average molecular weight is 492 g/mol. The van der Waals surface area contributed by atoms with Crippen LogP contribution in [-0.2, 0) is 16.2 Å². The molecule has 0 atom stereocenters. The number of amides is 3. The molecule has 3 amide bonds. The van der Waals surface area contributed by atoms with Crippen LogP contribution in [0.1, 0.15) is 29.8 Å². The van der Waals surface area contributed by atoms with Crippen LogP contribution in [0, 0.1) is 0 Å². The topological polar surface area (TPSA) is 115 Å². The summed E-state index contributed by atoms with van der Waals surface area (Å²) >= 11 is 0. The minimum absolute atomic E-state index is 0.0271. The van der Waals surface area contributed by atoms with Gasteiger partial charge in [-0.3, -0.25) is 25.2 Å². The van der Waals surface area contributed by atoms with E-state index in [2.05, 4.69) is 16.2 Å². The van der Waals surface area contributed by atoms with Crippen molar-refractivity contribution < 1.29 is 28.6 Å². The van der Waals surface area contributed by atoms with E-state index in [4.69, 9.17) is 14.2 Å². The molecule has 0 radical (unpaired) electrons. The number of hydrazine groups is 1. The van der Waals surface area contributed by atoms with Crippen molar-refractivity contribution in [3.05, 3.63) is 90.0 Å². The summed E-state index contributed by atoms with van der Waals surface area (Å²) in [4.78, 5) is 36.0. The quantitative estimate of drug-likeness (QED) is 0.355. The van der Waals surface area contributed by atoms with E-state index >= 15 is 0 Å². The maximum absolute atomic E-state index is 12.2. The summed E-state index contributed by atoms with van der Waals surface area (Å²) in [6.45, 7) is 3.65. The van der Waals surface area contributed by atoms with Gasteiger partial charge in [-0.05, 0) is 67.9 Å². The van der Waals surface area contributed by atoms with E-state index in [0.717, 1.165) is 5.56 Å². The van der Waals surface area contributed by atoms with Gasteiger partial charge in [0.25, 0.3) is 17.7 Å². The molecule has 0 unspecified atom stereocenters. The largest absolute Gasteiger partial charge is 0.491 e. The highest BCUT2D eigenvalue weighted by atomic mass is 16.5. The third-order valence-electron chi connectivity index (χ3n) is 4.68. The van der Waals surface area contributed by atoms with Crippen molar-refractivity contribution in [2.75, 3.05) is 13.2 Å². The van der Waals surface area contributed by atoms with Crippen molar-refractivity contribution >= 4 is 17.7 Å². The molecule has 0 fully saturated rings. The third-order valence-corrected chi connectivity index (χ3v) is 4.68. The summed E-state index contributed by atoms with van der Waals surface area (Å²) < 4.78 is 16.6. The molecule has 3 N–H and O–H groups in total. The fourth-order valence-electron chi connectivity index (χ4n) is 2.96. The maximum atomic E-state index is 12.2. The summed E-state index contributed by atoms with van der Waals surface area (Å²) in [6, 6.07) is 23.2. The molecule has 0 aliphatic rings. The summed E-state index contributed by atoms with van der Waals surface area (Å²) in [5.41, 5.74) is 5.90. The van der Waals surface area contributed by atoms with Gasteiger partial charge in [0.15, 0.2) is 6.61 Å². The number of rotatable bonds is 11. The van der Waals surface area contributed by atoms with Crippen molar-refractivity contribution in [3.63, 3.8) is 0 Å². The van der Waals surface area contributed by atoms with E-state index < -0.39 is 17.7 Å². The van der Waals surface area contributed by atoms with Crippen molar-refractivity contribution in [3.8, 4) is 17.2 Å². The molecule has 9 nitrogen and oxygen atoms in total. The van der Waals surface area contributed by atoms with Gasteiger partial charge in [0.1, 0.15) is 23.9 Å². The smallest absolute Gasteiger partial charge is 0.276 e. The Morgan fingerprint density at radius 1 is 0.722 bits per heavy atom. The van der Waals surface area contributed by atoms with E-state index in [1.165, 1.54) is 0 Å². The van der Waals surface area contributed by atoms with E-state index in [0.29, 0.717) is 29.4 Å². The Labute approximate surface area is 209 Å². The number of carbonyl (C=O) groups excluding carboxylic acids is 3. The molecule has 188 valence electrons. The molecule has 0 aliphatic heterocycles. The van der Waals surface area contributed by atoms with E-state index in [1.54, 1.807) is 48.5 Å². The summed E-state index contributed by atoms with van der Waals surface area (Å²) in [6.07, 6.45) is 0.0271. The zero-order chi connectivity index (χ0) is 25.8. The number of carbonyl (C=O) groups is 3. The molecule has 3 aromatic carbocycles. The van der Waals surface area contributed by atoms with Gasteiger partial charge >= 0.3 is 0 Å². The third kappa shape index (κ3) is 9.02. The van der Waals surface area contributed by atoms with Gasteiger partial charge in [0.05, 0.1) is 12.6 Å². The Balaban J connectivity index is 1.31. The van der Waals surface area contributed by atoms with Gasteiger partial charge in [-0.1, -0.05) is 30.3 Å². The second-order valence-electron chi connectivity index (χ2n) is 8.00. The van der Waals surface area contributed by atoms with Crippen LogP contribution in [0.25, 0.3) is 0 Å². The molecule has 3 aromatic rings. The van der Waals surface area contributed by atoms with Gasteiger partial charge < -0.3 is 19.5 Å². The first-order chi connectivity index (χ1) is 17.4. The zero-order valence-electron chi connectivity index (χ0n) is 20.2. The Morgan fingerprint density at radius 3 is 1.94 bits per heavy atom. The monoisotopic (exact) mass is 491 g/mol. The van der Waals surface area contributed by atoms with Crippen molar-refractivity contribution in [1.82, 2.24) is 16.2 Å². The summed E-state index contributed by atoms with van der Waals surface area (Å²) in [5, 5.41) is 2.48. The lowest BCUT2D eigenvalue weighted by atomic mass is 10.2. The molecule has 36 heavy (non-hydrogen) atoms. The minimum atomic E-state index is -0.587. The molecule has 0 spiro atoms. The van der Waals surface area contributed by atoms with Crippen LogP contribution >= 0.6 is 0 Å². The summed E-state index contributed by atoms with van der Waals surface area (Å²) in [7, 11) is 0. The minimum Gasteiger partial charge on any atom is -0.491 e. The van der Waals surface area contributed by atoms with E-state index in [-0.39, 0.29) is 19.3 Å². The molecule has 0 aromatic heterocycles. The normalized spacial score (nSPS) is 10.3. The summed E-state index contributed by atoms with van der Waals surface area (Å²) in [5.74, 6) is 0.227. The standard InChI is InChI=1S/C27H29N3O6/c1-19(2)36-24-10-8-21(9-11-24)27(33)28-16-25(31)29-30-26(32)18-35-23-14-12-22(13-15-23)34-17-20-6-4-3-5-7-20/h3-15,19H,16-18H2,1-2H3,(H,28,33)(H,29,31)(H,30,32). The van der Waals surface area contributed by atoms with Crippen LogP contribution in [0.3, 0.4) is 0 Å². The molecule has 0 saturated carbocycles. The van der Waals surface area contributed by atoms with Crippen molar-refractivity contribution in [2.24, 2.45) is 0 Å². The molecule has 0 heterocycles. The first-order valence-electron chi connectivity index (χ1n) is 11.4. The zero-order valence-corrected chi connectivity index (χ0v) is 20.2. The van der Waals surface area contributed by atoms with E-state index in [1.807, 2.05) is 44.2 Å². The highest BCUT2D eigenvalue weighted by molar-refractivity contribution is 5.96. The Kier molecular flexibility index (Phi) is 9.69. The maximum Gasteiger partial charge on any atom is 0.276 e. The van der Waals surface area contributed by atoms with Crippen LogP contribution < -0.4 is 30.4 Å². The van der Waals surface area contributed by atoms with Gasteiger partial charge in [-0.15, -0.1) is 0 Å². The number of benzene rings is 3. The molecular weight excluding hydrogens is 462 g/mol. The van der Waals surface area contributed by atoms with Gasteiger partial charge in [-0.25, -0.2) is 0 Å². The van der Waals surface area contributed by atoms with Crippen molar-refractivity contribution in [1.29, 1.82) is 0 Å². The highest BCUT2D eigenvalue weighted by Gasteiger charge is 2.10. The molecule has 3 rings (SSSR count). The number of hydrogen-bond donors (Lipinski definition) is 3. The predicted molar refractivity (Wildman–Crippen MR) is 134 cm³/mol. The second kappa shape index (κ2) is 13.4. The van der Waals surface area contributed by atoms with Gasteiger partial charge in [0.2, 0.25) is 0 Å². The predicted octanol–water partition coefficient (Wildman–Crippen LogP) is 3.01. The lowest BCUT2D eigenvalue weighted by molar-refractivity contribution is -0.129. The lowest BCUT2D eigenvalue weighted by Crippen LogP contribution is -2.47. The Bertz CT molecular complexity index is 1130.